The number of halogens is 3. The molecule has 0 bridgehead atoms. The largest absolute Gasteiger partial charge is 1.00 e. The lowest BCUT2D eigenvalue weighted by atomic mass is 10.2. The van der Waals surface area contributed by atoms with Gasteiger partial charge in [-0.3, -0.25) is 14.1 Å². The van der Waals surface area contributed by atoms with Crippen LogP contribution in [-0.2, 0) is 20.6 Å². The molecule has 0 aliphatic rings. The summed E-state index contributed by atoms with van der Waals surface area (Å²) in [7, 11) is 3.60. The van der Waals surface area contributed by atoms with Gasteiger partial charge in [0.15, 0.2) is 0 Å². The average molecular weight is 467 g/mol. The van der Waals surface area contributed by atoms with Crippen LogP contribution in [0.15, 0.2) is 53.5 Å². The second-order valence-corrected chi connectivity index (χ2v) is 7.28. The second kappa shape index (κ2) is 10.2. The molecular formula is C21H22Cl3N5O-2. The Morgan fingerprint density at radius 1 is 0.967 bits per heavy atom. The fourth-order valence-electron chi connectivity index (χ4n) is 3.46. The molecule has 0 spiro atoms. The van der Waals surface area contributed by atoms with Crippen LogP contribution >= 0.6 is 11.6 Å². The Kier molecular flexibility index (Phi) is 8.15. The quantitative estimate of drug-likeness (QED) is 0.303. The van der Waals surface area contributed by atoms with Crippen molar-refractivity contribution < 1.29 is 24.8 Å². The van der Waals surface area contributed by atoms with Gasteiger partial charge in [-0.25, -0.2) is 4.79 Å². The first-order chi connectivity index (χ1) is 13.5. The molecule has 0 aliphatic carbocycles. The van der Waals surface area contributed by atoms with Crippen molar-refractivity contribution in [1.29, 1.82) is 0 Å². The van der Waals surface area contributed by atoms with E-state index in [1.807, 2.05) is 30.3 Å². The van der Waals surface area contributed by atoms with E-state index in [0.29, 0.717) is 5.02 Å². The number of hydrogen-bond acceptors (Lipinski definition) is 4. The molecule has 0 atom stereocenters. The Labute approximate surface area is 192 Å². The Bertz CT molecular complexity index is 1220. The molecule has 9 heteroatoms. The van der Waals surface area contributed by atoms with E-state index in [-0.39, 0.29) is 30.5 Å². The van der Waals surface area contributed by atoms with Crippen LogP contribution in [0.4, 0.5) is 5.69 Å². The molecule has 4 rings (SSSR count). The summed E-state index contributed by atoms with van der Waals surface area (Å²) < 4.78 is 3.35. The summed E-state index contributed by atoms with van der Waals surface area (Å²) in [6, 6.07) is 13.8. The van der Waals surface area contributed by atoms with Gasteiger partial charge < -0.3 is 35.4 Å². The summed E-state index contributed by atoms with van der Waals surface area (Å²) in [6.45, 7) is 2.34. The zero-order valence-corrected chi connectivity index (χ0v) is 18.9. The molecule has 30 heavy (non-hydrogen) atoms. The third-order valence-electron chi connectivity index (χ3n) is 4.99. The molecule has 2 N–H and O–H groups in total. The molecule has 0 saturated carbocycles. The minimum absolute atomic E-state index is 0. The van der Waals surface area contributed by atoms with E-state index in [1.165, 1.54) is 0 Å². The van der Waals surface area contributed by atoms with Crippen LogP contribution in [0.25, 0.3) is 21.9 Å². The van der Waals surface area contributed by atoms with Crippen molar-refractivity contribution in [3.05, 3.63) is 69.7 Å². The van der Waals surface area contributed by atoms with E-state index < -0.39 is 0 Å². The number of pyridine rings is 1. The Morgan fingerprint density at radius 3 is 2.53 bits per heavy atom. The van der Waals surface area contributed by atoms with Crippen molar-refractivity contribution in [2.24, 2.45) is 14.1 Å². The lowest BCUT2D eigenvalue weighted by Gasteiger charge is -2.10. The van der Waals surface area contributed by atoms with E-state index in [0.717, 1.165) is 52.8 Å². The number of aromatic nitrogens is 3. The molecule has 0 fully saturated rings. The van der Waals surface area contributed by atoms with Gasteiger partial charge in [-0.2, -0.15) is 0 Å². The van der Waals surface area contributed by atoms with Crippen LogP contribution in [0.2, 0.25) is 5.02 Å². The number of nitrogens with one attached hydrogen (secondary N) is 2. The summed E-state index contributed by atoms with van der Waals surface area (Å²) in [6.07, 6.45) is 1.79. The third-order valence-corrected chi connectivity index (χ3v) is 5.22. The standard InChI is InChI=1S/C21H22ClN5O.2ClH/c1-26-19-6-3-14(11-20(19)27(2)21(26)28)13-23-9-10-25-17-7-8-24-18-12-15(22)4-5-16(17)18;;/h3-8,11-12,23H,9-10,13H2,1-2H3,(H,24,25);2*1H/p-2. The molecule has 160 valence electrons. The van der Waals surface area contributed by atoms with Crippen LogP contribution in [-0.4, -0.2) is 27.2 Å². The van der Waals surface area contributed by atoms with E-state index in [1.54, 1.807) is 29.4 Å². The SMILES string of the molecule is Cn1c(=O)n(C)c2cc(CNCCNc3ccnc4cc(Cl)ccc34)ccc21.[Cl-].[Cl-]. The van der Waals surface area contributed by atoms with Crippen LogP contribution < -0.4 is 41.1 Å². The second-order valence-electron chi connectivity index (χ2n) is 6.85. The first-order valence-electron chi connectivity index (χ1n) is 9.18. The number of hydrogen-bond donors (Lipinski definition) is 2. The summed E-state index contributed by atoms with van der Waals surface area (Å²) in [5.41, 5.74) is 4.97. The molecule has 6 nitrogen and oxygen atoms in total. The number of anilines is 1. The number of nitrogens with zero attached hydrogens (tertiary/aromatic N) is 3. The highest BCUT2D eigenvalue weighted by atomic mass is 35.5. The first kappa shape index (κ1) is 24.0. The topological polar surface area (TPSA) is 63.9 Å². The minimum atomic E-state index is -0.00447. The van der Waals surface area contributed by atoms with E-state index in [9.17, 15) is 4.79 Å². The molecule has 4 aromatic rings. The third kappa shape index (κ3) is 4.73. The molecule has 2 aromatic heterocycles. The van der Waals surface area contributed by atoms with Gasteiger partial charge in [-0.1, -0.05) is 17.7 Å². The zero-order chi connectivity index (χ0) is 19.7. The smallest absolute Gasteiger partial charge is 0.328 e. The van der Waals surface area contributed by atoms with Crippen molar-refractivity contribution in [2.75, 3.05) is 18.4 Å². The number of rotatable bonds is 6. The molecule has 0 unspecified atom stereocenters. The lowest BCUT2D eigenvalue weighted by Crippen LogP contribution is -3.00. The van der Waals surface area contributed by atoms with Crippen molar-refractivity contribution >= 4 is 39.2 Å². The lowest BCUT2D eigenvalue weighted by molar-refractivity contribution is -0.001000. The predicted molar refractivity (Wildman–Crippen MR) is 115 cm³/mol. The van der Waals surface area contributed by atoms with Gasteiger partial charge in [-0.05, 0) is 42.0 Å². The maximum atomic E-state index is 12.0. The maximum Gasteiger partial charge on any atom is 0.328 e. The number of benzene rings is 2. The summed E-state index contributed by atoms with van der Waals surface area (Å²) >= 11 is 6.04. The molecule has 2 heterocycles. The summed E-state index contributed by atoms with van der Waals surface area (Å²) in [5.74, 6) is 0. The normalized spacial score (nSPS) is 10.6. The van der Waals surface area contributed by atoms with Gasteiger partial charge in [0, 0.05) is 56.0 Å². The number of aryl methyl sites for hydroxylation is 2. The Balaban J connectivity index is 0.00000160. The van der Waals surface area contributed by atoms with Gasteiger partial charge in [0.2, 0.25) is 0 Å². The van der Waals surface area contributed by atoms with Gasteiger partial charge in [0.1, 0.15) is 0 Å². The molecule has 0 amide bonds. The van der Waals surface area contributed by atoms with Crippen LogP contribution in [0.3, 0.4) is 0 Å². The summed E-state index contributed by atoms with van der Waals surface area (Å²) in [4.78, 5) is 16.4. The Morgan fingerprint density at radius 2 is 1.73 bits per heavy atom. The first-order valence-corrected chi connectivity index (χ1v) is 9.55. The van der Waals surface area contributed by atoms with Crippen LogP contribution in [0.5, 0.6) is 0 Å². The average Bonchev–Trinajstić information content (AvgIpc) is 2.91. The maximum absolute atomic E-state index is 12.0. The van der Waals surface area contributed by atoms with Crippen molar-refractivity contribution in [3.8, 4) is 0 Å². The van der Waals surface area contributed by atoms with E-state index in [2.05, 4.69) is 27.8 Å². The highest BCUT2D eigenvalue weighted by Gasteiger charge is 2.08. The van der Waals surface area contributed by atoms with E-state index in [4.69, 9.17) is 11.6 Å². The van der Waals surface area contributed by atoms with Crippen molar-refractivity contribution in [2.45, 2.75) is 6.54 Å². The fraction of sp³-hybridized carbons (Fsp3) is 0.238. The Hall–Kier alpha value is -2.25. The van der Waals surface area contributed by atoms with Gasteiger partial charge >= 0.3 is 5.69 Å². The molecule has 0 saturated heterocycles. The monoisotopic (exact) mass is 465 g/mol. The minimum Gasteiger partial charge on any atom is -1.00 e. The molecular weight excluding hydrogens is 445 g/mol. The van der Waals surface area contributed by atoms with Crippen molar-refractivity contribution in [3.63, 3.8) is 0 Å². The number of fused-ring (bicyclic) bond motifs is 2. The highest BCUT2D eigenvalue weighted by molar-refractivity contribution is 6.31. The van der Waals surface area contributed by atoms with Crippen LogP contribution in [0.1, 0.15) is 5.56 Å². The summed E-state index contributed by atoms with van der Waals surface area (Å²) in [5, 5.41) is 8.63. The fourth-order valence-corrected chi connectivity index (χ4v) is 3.62. The van der Waals surface area contributed by atoms with Gasteiger partial charge in [0.05, 0.1) is 16.6 Å². The zero-order valence-electron chi connectivity index (χ0n) is 16.6. The molecule has 2 aromatic carbocycles. The van der Waals surface area contributed by atoms with Gasteiger partial charge in [-0.15, -0.1) is 0 Å². The molecule has 0 radical (unpaired) electrons. The predicted octanol–water partition coefficient (Wildman–Crippen LogP) is -2.71. The molecule has 0 aliphatic heterocycles. The van der Waals surface area contributed by atoms with Crippen molar-refractivity contribution in [1.82, 2.24) is 19.4 Å². The van der Waals surface area contributed by atoms with Gasteiger partial charge in [0.25, 0.3) is 0 Å². The highest BCUT2D eigenvalue weighted by Crippen LogP contribution is 2.24. The number of imidazole rings is 1. The van der Waals surface area contributed by atoms with E-state index >= 15 is 0 Å². The van der Waals surface area contributed by atoms with Crippen LogP contribution in [0, 0.1) is 0 Å².